The van der Waals surface area contributed by atoms with Gasteiger partial charge in [0.1, 0.15) is 9.67 Å². The minimum absolute atomic E-state index is 0.281. The Kier molecular flexibility index (Phi) is 6.89. The molecule has 0 heterocycles. The Bertz CT molecular complexity index is 973. The van der Waals surface area contributed by atoms with Gasteiger partial charge in [-0.1, -0.05) is 46.9 Å². The third-order valence-corrected chi connectivity index (χ3v) is 6.70. The highest BCUT2D eigenvalue weighted by Gasteiger charge is 2.35. The lowest BCUT2D eigenvalue weighted by Crippen LogP contribution is -2.17. The molecule has 29 heavy (non-hydrogen) atoms. The van der Waals surface area contributed by atoms with Gasteiger partial charge in [-0.05, 0) is 55.5 Å². The monoisotopic (exact) mass is 529 g/mol. The first-order valence-corrected chi connectivity index (χ1v) is 11.1. The number of carbonyl (C=O) groups is 1. The zero-order chi connectivity index (χ0) is 21.0. The van der Waals surface area contributed by atoms with Crippen molar-refractivity contribution in [3.8, 4) is 5.75 Å². The molecule has 0 saturated heterocycles. The summed E-state index contributed by atoms with van der Waals surface area (Å²) in [7, 11) is -0.731. The van der Waals surface area contributed by atoms with Crippen LogP contribution in [-0.4, -0.2) is 9.89 Å². The molecule has 2 atom stereocenters. The van der Waals surface area contributed by atoms with E-state index in [1.165, 1.54) is 12.1 Å². The molecular formula is C22H17F3IO2S+. The van der Waals surface area contributed by atoms with Crippen LogP contribution in [0.15, 0.2) is 93.5 Å². The normalized spacial score (nSPS) is 13.6. The Morgan fingerprint density at radius 1 is 0.897 bits per heavy atom. The van der Waals surface area contributed by atoms with Gasteiger partial charge in [0.15, 0.2) is 14.7 Å². The Labute approximate surface area is 183 Å². The van der Waals surface area contributed by atoms with Crippen LogP contribution in [0.4, 0.5) is 13.2 Å². The molecule has 0 saturated carbocycles. The van der Waals surface area contributed by atoms with E-state index in [-0.39, 0.29) is 9.89 Å². The zero-order valence-electron chi connectivity index (χ0n) is 15.3. The average molecular weight is 529 g/mol. The van der Waals surface area contributed by atoms with Crippen molar-refractivity contribution in [2.45, 2.75) is 31.7 Å². The second-order valence-corrected chi connectivity index (χ2v) is 10.0. The maximum atomic E-state index is 13.2. The standard InChI is InChI=1S/C22H17F3IO2S/c1-15(26)21(27)28-17-10-12-19(13-11-17)29(18-7-3-2-4-8-18)20-9-5-6-16(14-20)22(23,24)25/h2-15H,1H3/q+1. The van der Waals surface area contributed by atoms with E-state index in [9.17, 15) is 18.0 Å². The highest BCUT2D eigenvalue weighted by Crippen LogP contribution is 2.36. The fraction of sp³-hybridized carbons (Fsp3) is 0.136. The maximum absolute atomic E-state index is 13.2. The minimum Gasteiger partial charge on any atom is -0.426 e. The molecule has 0 aromatic heterocycles. The van der Waals surface area contributed by atoms with E-state index < -0.39 is 22.6 Å². The number of esters is 1. The molecule has 3 aromatic carbocycles. The first-order valence-electron chi connectivity index (χ1n) is 8.68. The van der Waals surface area contributed by atoms with E-state index >= 15 is 0 Å². The molecule has 7 heteroatoms. The van der Waals surface area contributed by atoms with E-state index in [0.29, 0.717) is 10.6 Å². The predicted octanol–water partition coefficient (Wildman–Crippen LogP) is 6.53. The molecule has 150 valence electrons. The van der Waals surface area contributed by atoms with Crippen LogP contribution in [0, 0.1) is 0 Å². The summed E-state index contributed by atoms with van der Waals surface area (Å²) < 4.78 is 44.7. The molecule has 0 aliphatic heterocycles. The summed E-state index contributed by atoms with van der Waals surface area (Å²) in [4.78, 5) is 14.1. The molecule has 0 N–H and O–H groups in total. The lowest BCUT2D eigenvalue weighted by atomic mass is 10.2. The Hall–Kier alpha value is -2.00. The van der Waals surface area contributed by atoms with Gasteiger partial charge in [0.05, 0.1) is 16.5 Å². The lowest BCUT2D eigenvalue weighted by molar-refractivity contribution is -0.137. The van der Waals surface area contributed by atoms with Crippen molar-refractivity contribution in [1.29, 1.82) is 0 Å². The van der Waals surface area contributed by atoms with Gasteiger partial charge in [-0.2, -0.15) is 13.2 Å². The van der Waals surface area contributed by atoms with Crippen LogP contribution in [-0.2, 0) is 21.9 Å². The van der Waals surface area contributed by atoms with E-state index in [4.69, 9.17) is 4.74 Å². The Morgan fingerprint density at radius 3 is 2.07 bits per heavy atom. The average Bonchev–Trinajstić information content (AvgIpc) is 2.70. The number of ether oxygens (including phenoxy) is 1. The number of hydrogen-bond acceptors (Lipinski definition) is 2. The first-order chi connectivity index (χ1) is 13.8. The van der Waals surface area contributed by atoms with Gasteiger partial charge < -0.3 is 4.74 Å². The number of benzene rings is 3. The van der Waals surface area contributed by atoms with Crippen LogP contribution in [0.3, 0.4) is 0 Å². The zero-order valence-corrected chi connectivity index (χ0v) is 18.3. The van der Waals surface area contributed by atoms with Gasteiger partial charge in [0.25, 0.3) is 0 Å². The van der Waals surface area contributed by atoms with Crippen LogP contribution in [0.2, 0.25) is 0 Å². The molecular weight excluding hydrogens is 512 g/mol. The van der Waals surface area contributed by atoms with Gasteiger partial charge in [-0.3, -0.25) is 4.79 Å². The van der Waals surface area contributed by atoms with E-state index in [0.717, 1.165) is 15.9 Å². The minimum atomic E-state index is -4.41. The highest BCUT2D eigenvalue weighted by molar-refractivity contribution is 14.1. The topological polar surface area (TPSA) is 26.3 Å². The number of carbonyl (C=O) groups excluding carboxylic acids is 1. The molecule has 2 nitrogen and oxygen atoms in total. The summed E-state index contributed by atoms with van der Waals surface area (Å²) >= 11 is 1.97. The highest BCUT2D eigenvalue weighted by atomic mass is 127. The molecule has 0 spiro atoms. The molecule has 0 aliphatic carbocycles. The fourth-order valence-electron chi connectivity index (χ4n) is 2.61. The third kappa shape index (κ3) is 5.54. The first kappa shape index (κ1) is 21.7. The second kappa shape index (κ2) is 9.21. The van der Waals surface area contributed by atoms with Gasteiger partial charge in [-0.15, -0.1) is 0 Å². The van der Waals surface area contributed by atoms with Crippen molar-refractivity contribution in [3.63, 3.8) is 0 Å². The predicted molar refractivity (Wildman–Crippen MR) is 116 cm³/mol. The number of alkyl halides is 4. The lowest BCUT2D eigenvalue weighted by Gasteiger charge is -2.11. The SMILES string of the molecule is CC(I)C(=O)Oc1ccc([S+](c2ccccc2)c2cccc(C(F)(F)F)c2)cc1. The number of rotatable bonds is 5. The van der Waals surface area contributed by atoms with Crippen LogP contribution < -0.4 is 4.74 Å². The van der Waals surface area contributed by atoms with Gasteiger partial charge >= 0.3 is 12.1 Å². The quantitative estimate of drug-likeness (QED) is 0.124. The maximum Gasteiger partial charge on any atom is 0.416 e. The smallest absolute Gasteiger partial charge is 0.416 e. The number of halogens is 4. The van der Waals surface area contributed by atoms with E-state index in [1.807, 2.05) is 52.9 Å². The summed E-state index contributed by atoms with van der Waals surface area (Å²) in [6.45, 7) is 1.73. The molecule has 0 amide bonds. The third-order valence-electron chi connectivity index (χ3n) is 3.98. The molecule has 0 radical (unpaired) electrons. The van der Waals surface area contributed by atoms with Crippen molar-refractivity contribution >= 4 is 39.5 Å². The van der Waals surface area contributed by atoms with Crippen LogP contribution in [0.5, 0.6) is 5.75 Å². The van der Waals surface area contributed by atoms with E-state index in [2.05, 4.69) is 0 Å². The van der Waals surface area contributed by atoms with Gasteiger partial charge in [-0.25, -0.2) is 0 Å². The molecule has 0 bridgehead atoms. The van der Waals surface area contributed by atoms with Crippen molar-refractivity contribution in [2.24, 2.45) is 0 Å². The summed E-state index contributed by atoms with van der Waals surface area (Å²) in [6.07, 6.45) is -4.41. The summed E-state index contributed by atoms with van der Waals surface area (Å²) in [5, 5.41) is 0. The largest absolute Gasteiger partial charge is 0.426 e. The molecule has 3 aromatic rings. The van der Waals surface area contributed by atoms with Crippen molar-refractivity contribution in [2.75, 3.05) is 0 Å². The fourth-order valence-corrected chi connectivity index (χ4v) is 4.85. The molecule has 2 unspecified atom stereocenters. The summed E-state index contributed by atoms with van der Waals surface area (Å²) in [5.74, 6) is 0.0567. The summed E-state index contributed by atoms with van der Waals surface area (Å²) in [6, 6.07) is 21.7. The Morgan fingerprint density at radius 2 is 1.48 bits per heavy atom. The Balaban J connectivity index is 2.01. The van der Waals surface area contributed by atoms with Crippen molar-refractivity contribution in [3.05, 3.63) is 84.4 Å². The second-order valence-electron chi connectivity index (χ2n) is 6.15. The molecule has 0 aliphatic rings. The summed E-state index contributed by atoms with van der Waals surface area (Å²) in [5.41, 5.74) is -0.676. The molecule has 3 rings (SSSR count). The van der Waals surface area contributed by atoms with Crippen LogP contribution in [0.1, 0.15) is 12.5 Å². The van der Waals surface area contributed by atoms with Crippen molar-refractivity contribution in [1.82, 2.24) is 0 Å². The van der Waals surface area contributed by atoms with Crippen LogP contribution >= 0.6 is 22.6 Å². The molecule has 0 fully saturated rings. The number of hydrogen-bond donors (Lipinski definition) is 0. The van der Waals surface area contributed by atoms with Gasteiger partial charge in [0, 0.05) is 6.07 Å². The van der Waals surface area contributed by atoms with E-state index in [1.54, 1.807) is 37.3 Å². The van der Waals surface area contributed by atoms with Crippen molar-refractivity contribution < 1.29 is 22.7 Å². The van der Waals surface area contributed by atoms with Crippen LogP contribution in [0.25, 0.3) is 0 Å². The van der Waals surface area contributed by atoms with Gasteiger partial charge in [0.2, 0.25) is 0 Å².